The highest BCUT2D eigenvalue weighted by atomic mass is 16.5. The number of ether oxygens (including phenoxy) is 1. The van der Waals surface area contributed by atoms with Crippen molar-refractivity contribution in [3.05, 3.63) is 30.1 Å². The Balaban J connectivity index is 2.25. The fraction of sp³-hybridized carbons (Fsp3) is 0.500. The molecule has 1 aromatic heterocycles. The van der Waals surface area contributed by atoms with Gasteiger partial charge in [0.05, 0.1) is 30.3 Å². The lowest BCUT2D eigenvalue weighted by atomic mass is 10.3. The van der Waals surface area contributed by atoms with Crippen LogP contribution in [0.1, 0.15) is 12.7 Å². The third-order valence-electron chi connectivity index (χ3n) is 3.01. The third kappa shape index (κ3) is 3.32. The van der Waals surface area contributed by atoms with Crippen molar-refractivity contribution in [2.45, 2.75) is 26.0 Å². The predicted molar refractivity (Wildman–Crippen MR) is 75.0 cm³/mol. The van der Waals surface area contributed by atoms with E-state index >= 15 is 0 Å². The van der Waals surface area contributed by atoms with Crippen molar-refractivity contribution in [1.29, 1.82) is 0 Å². The second kappa shape index (κ2) is 6.65. The largest absolute Gasteiger partial charge is 0.389 e. The molecule has 1 unspecified atom stereocenters. The first-order valence-electron chi connectivity index (χ1n) is 6.66. The van der Waals surface area contributed by atoms with Gasteiger partial charge < -0.3 is 20.1 Å². The summed E-state index contributed by atoms with van der Waals surface area (Å²) in [5.41, 5.74) is 7.59. The molecule has 104 valence electrons. The Hall–Kier alpha value is -1.43. The molecule has 5 nitrogen and oxygen atoms in total. The number of rotatable bonds is 7. The summed E-state index contributed by atoms with van der Waals surface area (Å²) in [4.78, 5) is 4.57. The zero-order valence-electron chi connectivity index (χ0n) is 11.2. The van der Waals surface area contributed by atoms with Crippen LogP contribution in [0.4, 0.5) is 0 Å². The predicted octanol–water partition coefficient (Wildman–Crippen LogP) is 0.935. The van der Waals surface area contributed by atoms with E-state index in [9.17, 15) is 5.11 Å². The maximum Gasteiger partial charge on any atom is 0.111 e. The van der Waals surface area contributed by atoms with E-state index in [4.69, 9.17) is 10.5 Å². The van der Waals surface area contributed by atoms with Gasteiger partial charge in [-0.15, -0.1) is 0 Å². The van der Waals surface area contributed by atoms with Gasteiger partial charge in [-0.2, -0.15) is 0 Å². The Morgan fingerprint density at radius 3 is 2.95 bits per heavy atom. The molecule has 19 heavy (non-hydrogen) atoms. The molecule has 1 heterocycles. The van der Waals surface area contributed by atoms with Gasteiger partial charge in [0, 0.05) is 13.0 Å². The number of imidazole rings is 1. The molecular formula is C14H21N3O2. The lowest BCUT2D eigenvalue weighted by Crippen LogP contribution is -2.23. The molecule has 0 aliphatic rings. The average molecular weight is 263 g/mol. The number of hydrogen-bond acceptors (Lipinski definition) is 4. The van der Waals surface area contributed by atoms with Crippen LogP contribution >= 0.6 is 0 Å². The summed E-state index contributed by atoms with van der Waals surface area (Å²) < 4.78 is 7.28. The molecule has 1 atom stereocenters. The molecule has 0 bridgehead atoms. The van der Waals surface area contributed by atoms with Crippen LogP contribution in [0.5, 0.6) is 0 Å². The molecule has 0 amide bonds. The zero-order valence-corrected chi connectivity index (χ0v) is 11.2. The van der Waals surface area contributed by atoms with Crippen LogP contribution in [-0.2, 0) is 17.7 Å². The van der Waals surface area contributed by atoms with Gasteiger partial charge >= 0.3 is 0 Å². The number of hydrogen-bond donors (Lipinski definition) is 2. The summed E-state index contributed by atoms with van der Waals surface area (Å²) in [6, 6.07) is 7.92. The summed E-state index contributed by atoms with van der Waals surface area (Å²) >= 11 is 0. The van der Waals surface area contributed by atoms with Crippen molar-refractivity contribution < 1.29 is 9.84 Å². The number of fused-ring (bicyclic) bond motifs is 1. The molecule has 2 aromatic rings. The van der Waals surface area contributed by atoms with Gasteiger partial charge in [-0.1, -0.05) is 12.1 Å². The highest BCUT2D eigenvalue weighted by Gasteiger charge is 2.13. The summed E-state index contributed by atoms with van der Waals surface area (Å²) in [5.74, 6) is 0.916. The zero-order chi connectivity index (χ0) is 13.7. The normalized spacial score (nSPS) is 13.0. The Labute approximate surface area is 113 Å². The maximum atomic E-state index is 10.00. The Morgan fingerprint density at radius 1 is 1.42 bits per heavy atom. The minimum atomic E-state index is -0.533. The highest BCUT2D eigenvalue weighted by molar-refractivity contribution is 5.75. The number of aliphatic hydroxyl groups is 1. The molecule has 2 rings (SSSR count). The lowest BCUT2D eigenvalue weighted by Gasteiger charge is -2.14. The van der Waals surface area contributed by atoms with E-state index in [1.54, 1.807) is 0 Å². The van der Waals surface area contributed by atoms with Crippen molar-refractivity contribution in [2.24, 2.45) is 5.73 Å². The first-order valence-corrected chi connectivity index (χ1v) is 6.66. The van der Waals surface area contributed by atoms with Gasteiger partial charge in [0.25, 0.3) is 0 Å². The number of aromatic nitrogens is 2. The fourth-order valence-electron chi connectivity index (χ4n) is 2.17. The summed E-state index contributed by atoms with van der Waals surface area (Å²) in [6.45, 7) is 3.89. The van der Waals surface area contributed by atoms with Gasteiger partial charge in [-0.05, 0) is 25.6 Å². The van der Waals surface area contributed by atoms with Gasteiger partial charge in [0.15, 0.2) is 0 Å². The van der Waals surface area contributed by atoms with E-state index < -0.39 is 6.10 Å². The van der Waals surface area contributed by atoms with E-state index in [1.807, 2.05) is 35.8 Å². The topological polar surface area (TPSA) is 73.3 Å². The molecule has 1 aromatic carbocycles. The van der Waals surface area contributed by atoms with E-state index in [1.165, 1.54) is 0 Å². The van der Waals surface area contributed by atoms with Crippen LogP contribution in [0.3, 0.4) is 0 Å². The van der Waals surface area contributed by atoms with Gasteiger partial charge in [-0.25, -0.2) is 4.98 Å². The first-order chi connectivity index (χ1) is 9.26. The number of para-hydroxylation sites is 2. The van der Waals surface area contributed by atoms with Crippen molar-refractivity contribution in [3.63, 3.8) is 0 Å². The number of nitrogens with zero attached hydrogens (tertiary/aromatic N) is 2. The van der Waals surface area contributed by atoms with Crippen molar-refractivity contribution in [2.75, 3.05) is 19.8 Å². The Bertz CT molecular complexity index is 524. The highest BCUT2D eigenvalue weighted by Crippen LogP contribution is 2.17. The quantitative estimate of drug-likeness (QED) is 0.779. The SMILES string of the molecule is CCOCC(O)Cn1c(CCN)nc2ccccc21. The minimum absolute atomic E-state index is 0.338. The molecule has 0 aliphatic carbocycles. The van der Waals surface area contributed by atoms with E-state index in [0.717, 1.165) is 16.9 Å². The van der Waals surface area contributed by atoms with Crippen LogP contribution in [-0.4, -0.2) is 40.5 Å². The molecule has 3 N–H and O–H groups in total. The number of nitrogens with two attached hydrogens (primary N) is 1. The number of aliphatic hydroxyl groups excluding tert-OH is 1. The Kier molecular flexibility index (Phi) is 4.90. The smallest absolute Gasteiger partial charge is 0.111 e. The van der Waals surface area contributed by atoms with E-state index in [2.05, 4.69) is 4.98 Å². The van der Waals surface area contributed by atoms with Crippen LogP contribution in [0.2, 0.25) is 0 Å². The summed E-state index contributed by atoms with van der Waals surface area (Å²) in [6.07, 6.45) is 0.171. The average Bonchev–Trinajstić information content (AvgIpc) is 2.75. The second-order valence-corrected chi connectivity index (χ2v) is 4.48. The van der Waals surface area contributed by atoms with Gasteiger partial charge in [-0.3, -0.25) is 0 Å². The molecule has 5 heteroatoms. The van der Waals surface area contributed by atoms with Crippen molar-refractivity contribution >= 4 is 11.0 Å². The molecular weight excluding hydrogens is 242 g/mol. The van der Waals surface area contributed by atoms with E-state index in [-0.39, 0.29) is 0 Å². The fourth-order valence-corrected chi connectivity index (χ4v) is 2.17. The third-order valence-corrected chi connectivity index (χ3v) is 3.01. The van der Waals surface area contributed by atoms with Crippen LogP contribution < -0.4 is 5.73 Å². The summed E-state index contributed by atoms with van der Waals surface area (Å²) in [5, 5.41) is 10.00. The number of benzene rings is 1. The standard InChI is InChI=1S/C14H21N3O2/c1-2-19-10-11(18)9-17-13-6-4-3-5-12(13)16-14(17)7-8-15/h3-6,11,18H,2,7-10,15H2,1H3. The molecule has 0 fully saturated rings. The first kappa shape index (κ1) is 14.0. The molecule has 0 radical (unpaired) electrons. The molecule has 0 saturated carbocycles. The minimum Gasteiger partial charge on any atom is -0.389 e. The van der Waals surface area contributed by atoms with Crippen LogP contribution in [0.25, 0.3) is 11.0 Å². The Morgan fingerprint density at radius 2 is 2.21 bits per heavy atom. The van der Waals surface area contributed by atoms with Gasteiger partial charge in [0.2, 0.25) is 0 Å². The molecule has 0 spiro atoms. The second-order valence-electron chi connectivity index (χ2n) is 4.48. The van der Waals surface area contributed by atoms with Crippen LogP contribution in [0, 0.1) is 0 Å². The maximum absolute atomic E-state index is 10.00. The van der Waals surface area contributed by atoms with Gasteiger partial charge in [0.1, 0.15) is 5.82 Å². The van der Waals surface area contributed by atoms with Crippen LogP contribution in [0.15, 0.2) is 24.3 Å². The summed E-state index contributed by atoms with van der Waals surface area (Å²) in [7, 11) is 0. The van der Waals surface area contributed by atoms with E-state index in [0.29, 0.717) is 32.7 Å². The monoisotopic (exact) mass is 263 g/mol. The molecule has 0 saturated heterocycles. The van der Waals surface area contributed by atoms with Crippen molar-refractivity contribution in [3.8, 4) is 0 Å². The lowest BCUT2D eigenvalue weighted by molar-refractivity contribution is 0.0337. The molecule has 0 aliphatic heterocycles. The van der Waals surface area contributed by atoms with Crippen molar-refractivity contribution in [1.82, 2.24) is 9.55 Å².